The van der Waals surface area contributed by atoms with Crippen LogP contribution in [0.1, 0.15) is 21.5 Å². The van der Waals surface area contributed by atoms with Gasteiger partial charge in [0, 0.05) is 10.6 Å². The van der Waals surface area contributed by atoms with E-state index < -0.39 is 11.6 Å². The van der Waals surface area contributed by atoms with Crippen molar-refractivity contribution in [3.05, 3.63) is 69.0 Å². The second kappa shape index (κ2) is 5.09. The minimum atomic E-state index is -0.611. The van der Waals surface area contributed by atoms with Gasteiger partial charge in [-0.15, -0.1) is 0 Å². The first-order valence-corrected chi connectivity index (χ1v) is 6.00. The molecule has 2 aromatic carbocycles. The summed E-state index contributed by atoms with van der Waals surface area (Å²) in [4.78, 5) is 12.1. The number of carbonyl (C=O) groups is 1. The molecule has 0 aliphatic heterocycles. The van der Waals surface area contributed by atoms with Crippen molar-refractivity contribution in [2.24, 2.45) is 0 Å². The number of benzene rings is 2. The molecule has 0 bridgehead atoms. The Kier molecular flexibility index (Phi) is 3.69. The normalized spacial score (nSPS) is 10.4. The Hall–Kier alpha value is -1.38. The molecule has 18 heavy (non-hydrogen) atoms. The maximum Gasteiger partial charge on any atom is 0.197 e. The zero-order chi connectivity index (χ0) is 13.3. The highest BCUT2D eigenvalue weighted by molar-refractivity contribution is 6.35. The van der Waals surface area contributed by atoms with Gasteiger partial charge in [-0.05, 0) is 48.9 Å². The van der Waals surface area contributed by atoms with Crippen LogP contribution in [0.5, 0.6) is 0 Å². The molecule has 0 saturated heterocycles. The predicted molar refractivity (Wildman–Crippen MR) is 71.0 cm³/mol. The van der Waals surface area contributed by atoms with Crippen molar-refractivity contribution in [3.8, 4) is 0 Å². The molecular weight excluding hydrogens is 274 g/mol. The Morgan fingerprint density at radius 2 is 1.72 bits per heavy atom. The standard InChI is InChI=1S/C14H9Cl2FO/c1-8-6-11(16)13(12(17)7-8)14(18)9-2-4-10(15)5-3-9/h2-7H,1H3. The van der Waals surface area contributed by atoms with Crippen LogP contribution < -0.4 is 0 Å². The highest BCUT2D eigenvalue weighted by Crippen LogP contribution is 2.24. The highest BCUT2D eigenvalue weighted by atomic mass is 35.5. The van der Waals surface area contributed by atoms with Crippen molar-refractivity contribution in [2.75, 3.05) is 0 Å². The van der Waals surface area contributed by atoms with Gasteiger partial charge in [-0.3, -0.25) is 4.79 Å². The van der Waals surface area contributed by atoms with Crippen LogP contribution in [0.3, 0.4) is 0 Å². The van der Waals surface area contributed by atoms with Gasteiger partial charge in [0.05, 0.1) is 10.6 Å². The van der Waals surface area contributed by atoms with E-state index in [1.54, 1.807) is 37.3 Å². The maximum absolute atomic E-state index is 13.8. The molecule has 0 unspecified atom stereocenters. The lowest BCUT2D eigenvalue weighted by atomic mass is 10.0. The summed E-state index contributed by atoms with van der Waals surface area (Å²) in [5.74, 6) is -1.06. The molecule has 92 valence electrons. The number of halogens is 3. The minimum absolute atomic E-state index is 0.107. The van der Waals surface area contributed by atoms with Gasteiger partial charge in [0.15, 0.2) is 5.78 Å². The van der Waals surface area contributed by atoms with Gasteiger partial charge in [0.2, 0.25) is 0 Å². The number of ketones is 1. The Labute approximate surface area is 114 Å². The summed E-state index contributed by atoms with van der Waals surface area (Å²) >= 11 is 11.7. The summed E-state index contributed by atoms with van der Waals surface area (Å²) in [5.41, 5.74) is 0.916. The summed E-state index contributed by atoms with van der Waals surface area (Å²) in [6.07, 6.45) is 0. The van der Waals surface area contributed by atoms with E-state index in [1.165, 1.54) is 6.07 Å². The van der Waals surface area contributed by atoms with E-state index in [-0.39, 0.29) is 10.6 Å². The molecule has 0 fully saturated rings. The van der Waals surface area contributed by atoms with Crippen molar-refractivity contribution in [1.29, 1.82) is 0 Å². The molecule has 2 aromatic rings. The van der Waals surface area contributed by atoms with Crippen LogP contribution in [0.4, 0.5) is 4.39 Å². The topological polar surface area (TPSA) is 17.1 Å². The molecule has 0 spiro atoms. The Morgan fingerprint density at radius 3 is 2.28 bits per heavy atom. The second-order valence-corrected chi connectivity index (χ2v) is 4.78. The third kappa shape index (κ3) is 2.55. The number of hydrogen-bond donors (Lipinski definition) is 0. The van der Waals surface area contributed by atoms with Crippen LogP contribution >= 0.6 is 23.2 Å². The van der Waals surface area contributed by atoms with Crippen LogP contribution in [-0.4, -0.2) is 5.78 Å². The van der Waals surface area contributed by atoms with Crippen molar-refractivity contribution in [1.82, 2.24) is 0 Å². The summed E-state index contributed by atoms with van der Waals surface area (Å²) < 4.78 is 13.8. The zero-order valence-electron chi connectivity index (χ0n) is 9.51. The smallest absolute Gasteiger partial charge is 0.197 e. The fourth-order valence-corrected chi connectivity index (χ4v) is 2.14. The number of aryl methyl sites for hydroxylation is 1. The average Bonchev–Trinajstić information content (AvgIpc) is 2.28. The van der Waals surface area contributed by atoms with Crippen molar-refractivity contribution < 1.29 is 9.18 Å². The lowest BCUT2D eigenvalue weighted by Gasteiger charge is -2.06. The molecule has 0 amide bonds. The highest BCUT2D eigenvalue weighted by Gasteiger charge is 2.18. The molecule has 4 heteroatoms. The minimum Gasteiger partial charge on any atom is -0.288 e. The molecule has 0 aromatic heterocycles. The first-order valence-electron chi connectivity index (χ1n) is 5.25. The monoisotopic (exact) mass is 282 g/mol. The maximum atomic E-state index is 13.8. The fraction of sp³-hybridized carbons (Fsp3) is 0.0714. The van der Waals surface area contributed by atoms with Crippen LogP contribution in [0.25, 0.3) is 0 Å². The average molecular weight is 283 g/mol. The van der Waals surface area contributed by atoms with Crippen LogP contribution in [-0.2, 0) is 0 Å². The van der Waals surface area contributed by atoms with Gasteiger partial charge in [-0.1, -0.05) is 23.2 Å². The van der Waals surface area contributed by atoms with Crippen LogP contribution in [0, 0.1) is 12.7 Å². The Balaban J connectivity index is 2.49. The van der Waals surface area contributed by atoms with Gasteiger partial charge in [0.25, 0.3) is 0 Å². The van der Waals surface area contributed by atoms with Gasteiger partial charge >= 0.3 is 0 Å². The van der Waals surface area contributed by atoms with Crippen molar-refractivity contribution in [2.45, 2.75) is 6.92 Å². The van der Waals surface area contributed by atoms with E-state index in [1.807, 2.05) is 0 Å². The summed E-state index contributed by atoms with van der Waals surface area (Å²) in [6, 6.07) is 9.09. The molecule has 0 saturated carbocycles. The van der Waals surface area contributed by atoms with Gasteiger partial charge in [-0.2, -0.15) is 0 Å². The molecule has 0 aliphatic carbocycles. The summed E-state index contributed by atoms with van der Waals surface area (Å²) in [6.45, 7) is 1.71. The quantitative estimate of drug-likeness (QED) is 0.732. The Morgan fingerprint density at radius 1 is 1.11 bits per heavy atom. The van der Waals surface area contributed by atoms with Crippen LogP contribution in [0.15, 0.2) is 36.4 Å². The lowest BCUT2D eigenvalue weighted by molar-refractivity contribution is 0.103. The van der Waals surface area contributed by atoms with E-state index in [4.69, 9.17) is 23.2 Å². The zero-order valence-corrected chi connectivity index (χ0v) is 11.0. The predicted octanol–water partition coefficient (Wildman–Crippen LogP) is 4.67. The number of rotatable bonds is 2. The Bertz CT molecular complexity index is 583. The van der Waals surface area contributed by atoms with Gasteiger partial charge in [-0.25, -0.2) is 4.39 Å². The molecule has 0 atom stereocenters. The molecule has 1 nitrogen and oxygen atoms in total. The van der Waals surface area contributed by atoms with Crippen LogP contribution in [0.2, 0.25) is 10.0 Å². The van der Waals surface area contributed by atoms with E-state index in [2.05, 4.69) is 0 Å². The second-order valence-electron chi connectivity index (χ2n) is 3.94. The SMILES string of the molecule is Cc1cc(F)c(C(=O)c2ccc(Cl)cc2)c(Cl)c1. The van der Waals surface area contributed by atoms with Gasteiger partial charge < -0.3 is 0 Å². The third-order valence-corrected chi connectivity index (χ3v) is 3.07. The first kappa shape index (κ1) is 13.1. The molecule has 0 aliphatic rings. The van der Waals surface area contributed by atoms with E-state index in [9.17, 15) is 9.18 Å². The van der Waals surface area contributed by atoms with Gasteiger partial charge in [0.1, 0.15) is 5.82 Å². The largest absolute Gasteiger partial charge is 0.288 e. The third-order valence-electron chi connectivity index (χ3n) is 2.52. The van der Waals surface area contributed by atoms with E-state index in [0.717, 1.165) is 0 Å². The molecular formula is C14H9Cl2FO. The summed E-state index contributed by atoms with van der Waals surface area (Å²) in [7, 11) is 0. The lowest BCUT2D eigenvalue weighted by Crippen LogP contribution is -2.05. The van der Waals surface area contributed by atoms with Crippen molar-refractivity contribution in [3.63, 3.8) is 0 Å². The molecule has 0 N–H and O–H groups in total. The van der Waals surface area contributed by atoms with Crippen molar-refractivity contribution >= 4 is 29.0 Å². The number of carbonyl (C=O) groups excluding carboxylic acids is 1. The molecule has 0 heterocycles. The molecule has 0 radical (unpaired) electrons. The van der Waals surface area contributed by atoms with E-state index >= 15 is 0 Å². The first-order chi connectivity index (χ1) is 8.49. The molecule has 2 rings (SSSR count). The fourth-order valence-electron chi connectivity index (χ4n) is 1.66. The summed E-state index contributed by atoms with van der Waals surface area (Å²) in [5, 5.41) is 0.634. The van der Waals surface area contributed by atoms with E-state index in [0.29, 0.717) is 16.1 Å². The number of hydrogen-bond acceptors (Lipinski definition) is 1.